The van der Waals surface area contributed by atoms with E-state index in [0.29, 0.717) is 16.4 Å². The van der Waals surface area contributed by atoms with Crippen molar-refractivity contribution in [1.82, 2.24) is 5.32 Å². The van der Waals surface area contributed by atoms with Crippen molar-refractivity contribution in [3.8, 4) is 0 Å². The molecule has 0 saturated carbocycles. The molecule has 0 bridgehead atoms. The second kappa shape index (κ2) is 9.78. The number of carbonyl (C=O) groups excluding carboxylic acids is 1. The van der Waals surface area contributed by atoms with E-state index in [1.807, 2.05) is 4.90 Å². The van der Waals surface area contributed by atoms with E-state index in [2.05, 4.69) is 10.6 Å². The minimum atomic E-state index is -0.595. The first-order chi connectivity index (χ1) is 14.3. The number of piperidine rings is 1. The molecule has 0 aliphatic carbocycles. The third kappa shape index (κ3) is 5.31. The van der Waals surface area contributed by atoms with Crippen LogP contribution in [-0.4, -0.2) is 29.0 Å². The summed E-state index contributed by atoms with van der Waals surface area (Å²) in [6.07, 6.45) is 3.07. The Labute approximate surface area is 193 Å². The van der Waals surface area contributed by atoms with Gasteiger partial charge in [-0.1, -0.05) is 34.8 Å². The number of nitro groups is 1. The molecule has 2 N–H and O–H groups in total. The fraction of sp³-hybridized carbons (Fsp3) is 0.263. The average molecular weight is 488 g/mol. The van der Waals surface area contributed by atoms with Crippen molar-refractivity contribution < 1.29 is 9.72 Å². The predicted molar refractivity (Wildman–Crippen MR) is 124 cm³/mol. The molecule has 0 unspecified atom stereocenters. The van der Waals surface area contributed by atoms with Gasteiger partial charge in [0.25, 0.3) is 11.6 Å². The van der Waals surface area contributed by atoms with Crippen molar-refractivity contribution >= 4 is 75.1 Å². The first-order valence-electron chi connectivity index (χ1n) is 9.06. The molecule has 1 amide bonds. The van der Waals surface area contributed by atoms with E-state index in [9.17, 15) is 14.9 Å². The number of thiocarbonyl (C=S) groups is 1. The van der Waals surface area contributed by atoms with Gasteiger partial charge in [0.15, 0.2) is 5.11 Å². The van der Waals surface area contributed by atoms with Crippen LogP contribution in [0.1, 0.15) is 29.6 Å². The van der Waals surface area contributed by atoms with Crippen molar-refractivity contribution in [2.75, 3.05) is 23.3 Å². The van der Waals surface area contributed by atoms with Gasteiger partial charge < -0.3 is 10.2 Å². The topological polar surface area (TPSA) is 87.5 Å². The van der Waals surface area contributed by atoms with Crippen LogP contribution in [-0.2, 0) is 0 Å². The molecule has 1 fully saturated rings. The van der Waals surface area contributed by atoms with E-state index in [1.165, 1.54) is 24.3 Å². The third-order valence-electron chi connectivity index (χ3n) is 4.60. The van der Waals surface area contributed by atoms with Crippen molar-refractivity contribution in [1.29, 1.82) is 0 Å². The lowest BCUT2D eigenvalue weighted by Crippen LogP contribution is -2.34. The quantitative estimate of drug-likeness (QED) is 0.328. The average Bonchev–Trinajstić information content (AvgIpc) is 2.70. The van der Waals surface area contributed by atoms with Gasteiger partial charge in [0.2, 0.25) is 0 Å². The zero-order valence-corrected chi connectivity index (χ0v) is 18.7. The molecule has 1 saturated heterocycles. The van der Waals surface area contributed by atoms with Crippen LogP contribution in [0, 0.1) is 10.1 Å². The smallest absolute Gasteiger partial charge is 0.293 e. The molecule has 7 nitrogen and oxygen atoms in total. The van der Waals surface area contributed by atoms with Crippen molar-refractivity contribution in [2.45, 2.75) is 19.3 Å². The molecule has 0 spiro atoms. The number of nitro benzene ring substituents is 1. The Hall–Kier alpha value is -2.13. The fourth-order valence-corrected chi connectivity index (χ4v) is 4.30. The predicted octanol–water partition coefficient (Wildman–Crippen LogP) is 5.67. The minimum Gasteiger partial charge on any atom is -0.366 e. The van der Waals surface area contributed by atoms with Gasteiger partial charge in [0, 0.05) is 29.7 Å². The van der Waals surface area contributed by atoms with Gasteiger partial charge in [-0.3, -0.25) is 20.2 Å². The monoisotopic (exact) mass is 486 g/mol. The second-order valence-corrected chi connectivity index (χ2v) is 8.32. The summed E-state index contributed by atoms with van der Waals surface area (Å²) in [4.78, 5) is 25.6. The molecular weight excluding hydrogens is 471 g/mol. The van der Waals surface area contributed by atoms with Gasteiger partial charge in [0.1, 0.15) is 5.69 Å². The summed E-state index contributed by atoms with van der Waals surface area (Å²) in [6, 6.07) is 7.35. The minimum absolute atomic E-state index is 0.0612. The first kappa shape index (κ1) is 22.6. The maximum Gasteiger partial charge on any atom is 0.293 e. The van der Waals surface area contributed by atoms with Gasteiger partial charge in [0.05, 0.1) is 20.7 Å². The Kier molecular flexibility index (Phi) is 7.36. The molecule has 0 aromatic heterocycles. The second-order valence-electron chi connectivity index (χ2n) is 6.66. The molecule has 1 heterocycles. The summed E-state index contributed by atoms with van der Waals surface area (Å²) in [5.74, 6) is -0.595. The first-order valence-corrected chi connectivity index (χ1v) is 10.6. The lowest BCUT2D eigenvalue weighted by Gasteiger charge is -2.28. The number of nitrogens with one attached hydrogen (secondary N) is 2. The van der Waals surface area contributed by atoms with Crippen molar-refractivity contribution in [3.05, 3.63) is 61.1 Å². The van der Waals surface area contributed by atoms with E-state index >= 15 is 0 Å². The van der Waals surface area contributed by atoms with Crippen molar-refractivity contribution in [2.24, 2.45) is 0 Å². The SMILES string of the molecule is O=C(NC(=S)Nc1c(Cl)cc(Cl)cc1Cl)c1ccc(N2CCCCC2)c([N+](=O)[O-])c1. The van der Waals surface area contributed by atoms with Gasteiger partial charge in [-0.25, -0.2) is 0 Å². The largest absolute Gasteiger partial charge is 0.366 e. The Morgan fingerprint density at radius 3 is 2.30 bits per heavy atom. The number of rotatable bonds is 4. The van der Waals surface area contributed by atoms with Crippen LogP contribution in [0.5, 0.6) is 0 Å². The molecule has 0 radical (unpaired) electrons. The van der Waals surface area contributed by atoms with Gasteiger partial charge in [-0.2, -0.15) is 0 Å². The van der Waals surface area contributed by atoms with E-state index in [1.54, 1.807) is 6.07 Å². The van der Waals surface area contributed by atoms with E-state index in [-0.39, 0.29) is 26.4 Å². The summed E-state index contributed by atoms with van der Waals surface area (Å²) in [7, 11) is 0. The highest BCUT2D eigenvalue weighted by Crippen LogP contribution is 2.34. The number of carbonyl (C=O) groups is 1. The van der Waals surface area contributed by atoms with Gasteiger partial charge in [-0.15, -0.1) is 0 Å². The molecule has 11 heteroatoms. The molecule has 3 rings (SSSR count). The van der Waals surface area contributed by atoms with Crippen LogP contribution >= 0.6 is 47.0 Å². The van der Waals surface area contributed by atoms with Crippen LogP contribution in [0.15, 0.2) is 30.3 Å². The fourth-order valence-electron chi connectivity index (χ4n) is 3.19. The summed E-state index contributed by atoms with van der Waals surface area (Å²) in [5.41, 5.74) is 0.795. The highest BCUT2D eigenvalue weighted by atomic mass is 35.5. The Bertz CT molecular complexity index is 990. The highest BCUT2D eigenvalue weighted by Gasteiger charge is 2.23. The normalized spacial score (nSPS) is 13.6. The number of hydrogen-bond donors (Lipinski definition) is 2. The Morgan fingerprint density at radius 1 is 1.07 bits per heavy atom. The molecule has 2 aromatic carbocycles. The number of benzene rings is 2. The molecule has 30 heavy (non-hydrogen) atoms. The van der Waals surface area contributed by atoms with Crippen molar-refractivity contribution in [3.63, 3.8) is 0 Å². The number of nitrogens with zero attached hydrogens (tertiary/aromatic N) is 2. The zero-order valence-electron chi connectivity index (χ0n) is 15.6. The van der Waals surface area contributed by atoms with Crippen LogP contribution < -0.4 is 15.5 Å². The summed E-state index contributed by atoms with van der Waals surface area (Å²) in [5, 5.41) is 17.5. The van der Waals surface area contributed by atoms with Crippen LogP contribution in [0.2, 0.25) is 15.1 Å². The lowest BCUT2D eigenvalue weighted by atomic mass is 10.1. The van der Waals surface area contributed by atoms with E-state index < -0.39 is 10.8 Å². The molecule has 158 valence electrons. The molecule has 0 atom stereocenters. The Balaban J connectivity index is 1.75. The van der Waals surface area contributed by atoms with E-state index in [4.69, 9.17) is 47.0 Å². The highest BCUT2D eigenvalue weighted by molar-refractivity contribution is 7.80. The maximum absolute atomic E-state index is 12.6. The van der Waals surface area contributed by atoms with E-state index in [0.717, 1.165) is 32.4 Å². The number of hydrogen-bond acceptors (Lipinski definition) is 5. The van der Waals surface area contributed by atoms with Crippen LogP contribution in [0.25, 0.3) is 0 Å². The Morgan fingerprint density at radius 2 is 1.70 bits per heavy atom. The van der Waals surface area contributed by atoms with Gasteiger partial charge in [-0.05, 0) is 55.7 Å². The standard InChI is InChI=1S/C19H17Cl3N4O3S/c20-12-9-13(21)17(14(22)10-12)23-19(30)24-18(27)11-4-5-15(16(8-11)26(28)29)25-6-2-1-3-7-25/h4-5,8-10H,1-3,6-7H2,(H2,23,24,27,30). The molecule has 1 aliphatic rings. The number of amides is 1. The lowest BCUT2D eigenvalue weighted by molar-refractivity contribution is -0.384. The molecular formula is C19H17Cl3N4O3S. The summed E-state index contributed by atoms with van der Waals surface area (Å²) >= 11 is 23.2. The molecule has 1 aliphatic heterocycles. The number of halogens is 3. The van der Waals surface area contributed by atoms with Crippen LogP contribution in [0.4, 0.5) is 17.1 Å². The third-order valence-corrected chi connectivity index (χ3v) is 5.62. The summed E-state index contributed by atoms with van der Waals surface area (Å²) < 4.78 is 0. The number of anilines is 2. The zero-order chi connectivity index (χ0) is 21.8. The van der Waals surface area contributed by atoms with Crippen LogP contribution in [0.3, 0.4) is 0 Å². The van der Waals surface area contributed by atoms with Gasteiger partial charge >= 0.3 is 0 Å². The maximum atomic E-state index is 12.6. The molecule has 2 aromatic rings. The summed E-state index contributed by atoms with van der Waals surface area (Å²) in [6.45, 7) is 1.51.